The van der Waals surface area contributed by atoms with Gasteiger partial charge in [-0.1, -0.05) is 18.2 Å². The number of methoxy groups -OCH3 is 1. The minimum atomic E-state index is -3.64. The summed E-state index contributed by atoms with van der Waals surface area (Å²) < 4.78 is 33.7. The number of hydrogen-bond acceptors (Lipinski definition) is 5. The van der Waals surface area contributed by atoms with Crippen LogP contribution in [0.25, 0.3) is 0 Å². The van der Waals surface area contributed by atoms with Gasteiger partial charge in [-0.15, -0.1) is 0 Å². The van der Waals surface area contributed by atoms with Crippen LogP contribution in [0.4, 0.5) is 5.69 Å². The second-order valence-corrected chi connectivity index (χ2v) is 10.2. The molecule has 1 N–H and O–H groups in total. The molecule has 0 unspecified atom stereocenters. The van der Waals surface area contributed by atoms with E-state index < -0.39 is 10.0 Å². The third-order valence-corrected chi connectivity index (χ3v) is 8.15. The molecule has 0 aliphatic carbocycles. The van der Waals surface area contributed by atoms with E-state index in [2.05, 4.69) is 10.2 Å². The monoisotopic (exact) mass is 457 g/mol. The first-order chi connectivity index (χ1) is 15.5. The van der Waals surface area contributed by atoms with Gasteiger partial charge in [-0.3, -0.25) is 4.79 Å². The molecule has 0 radical (unpaired) electrons. The molecule has 1 amide bonds. The second kappa shape index (κ2) is 9.92. The van der Waals surface area contributed by atoms with Gasteiger partial charge < -0.3 is 15.0 Å². The number of hydrogen-bond donors (Lipinski definition) is 1. The zero-order valence-electron chi connectivity index (χ0n) is 18.5. The van der Waals surface area contributed by atoms with Crippen molar-refractivity contribution < 1.29 is 17.9 Å². The number of benzene rings is 2. The average Bonchev–Trinajstić information content (AvgIpc) is 3.54. The summed E-state index contributed by atoms with van der Waals surface area (Å²) in [6.07, 6.45) is 4.48. The number of para-hydroxylation sites is 1. The van der Waals surface area contributed by atoms with E-state index >= 15 is 0 Å². The Morgan fingerprint density at radius 1 is 1.00 bits per heavy atom. The van der Waals surface area contributed by atoms with Gasteiger partial charge in [0.2, 0.25) is 10.0 Å². The summed E-state index contributed by atoms with van der Waals surface area (Å²) in [6, 6.07) is 12.8. The fraction of sp³-hybridized carbons (Fsp3) is 0.458. The molecule has 2 aliphatic heterocycles. The number of amides is 1. The van der Waals surface area contributed by atoms with Crippen molar-refractivity contribution in [2.24, 2.45) is 0 Å². The van der Waals surface area contributed by atoms with E-state index in [4.69, 9.17) is 4.74 Å². The highest BCUT2D eigenvalue weighted by Gasteiger charge is 2.32. The SMILES string of the molecule is COc1ccccc1CCNC(=O)c1ccc(N2CCCC2)c(S(=O)(=O)N2CCCC2)c1. The van der Waals surface area contributed by atoms with Crippen molar-refractivity contribution >= 4 is 21.6 Å². The van der Waals surface area contributed by atoms with E-state index in [1.165, 1.54) is 0 Å². The van der Waals surface area contributed by atoms with E-state index in [0.717, 1.165) is 50.1 Å². The average molecular weight is 458 g/mol. The standard InChI is InChI=1S/C24H31N3O4S/c1-31-22-9-3-2-8-19(22)12-13-25-24(28)20-10-11-21(26-14-4-5-15-26)23(18-20)32(29,30)27-16-6-7-17-27/h2-3,8-11,18H,4-7,12-17H2,1H3,(H,25,28). The number of nitrogens with one attached hydrogen (secondary N) is 1. The first-order valence-corrected chi connectivity index (χ1v) is 12.7. The summed E-state index contributed by atoms with van der Waals surface area (Å²) in [7, 11) is -2.01. The van der Waals surface area contributed by atoms with Gasteiger partial charge in [-0.2, -0.15) is 4.31 Å². The first-order valence-electron chi connectivity index (χ1n) is 11.3. The Morgan fingerprint density at radius 2 is 1.69 bits per heavy atom. The van der Waals surface area contributed by atoms with Crippen molar-refractivity contribution in [2.75, 3.05) is 44.7 Å². The Morgan fingerprint density at radius 3 is 2.41 bits per heavy atom. The van der Waals surface area contributed by atoms with Gasteiger partial charge in [0.15, 0.2) is 0 Å². The van der Waals surface area contributed by atoms with Crippen LogP contribution in [-0.2, 0) is 16.4 Å². The van der Waals surface area contributed by atoms with Crippen LogP contribution < -0.4 is 15.0 Å². The van der Waals surface area contributed by atoms with E-state index in [1.807, 2.05) is 24.3 Å². The number of anilines is 1. The molecule has 0 bridgehead atoms. The lowest BCUT2D eigenvalue weighted by atomic mass is 10.1. The molecule has 0 atom stereocenters. The van der Waals surface area contributed by atoms with Crippen molar-refractivity contribution in [3.8, 4) is 5.75 Å². The van der Waals surface area contributed by atoms with E-state index in [1.54, 1.807) is 29.6 Å². The van der Waals surface area contributed by atoms with Crippen molar-refractivity contribution in [1.82, 2.24) is 9.62 Å². The second-order valence-electron chi connectivity index (χ2n) is 8.31. The molecule has 2 aliphatic rings. The summed E-state index contributed by atoms with van der Waals surface area (Å²) in [5.74, 6) is 0.515. The van der Waals surface area contributed by atoms with Gasteiger partial charge in [0.05, 0.1) is 12.8 Å². The van der Waals surface area contributed by atoms with Crippen molar-refractivity contribution in [3.63, 3.8) is 0 Å². The molecule has 2 aromatic rings. The van der Waals surface area contributed by atoms with Gasteiger partial charge in [0.25, 0.3) is 5.91 Å². The predicted octanol–water partition coefficient (Wildman–Crippen LogP) is 3.05. The summed E-state index contributed by atoms with van der Waals surface area (Å²) in [6.45, 7) is 3.19. The Labute approximate surface area is 190 Å². The van der Waals surface area contributed by atoms with Gasteiger partial charge in [0, 0.05) is 38.3 Å². The predicted molar refractivity (Wildman–Crippen MR) is 125 cm³/mol. The summed E-state index contributed by atoms with van der Waals surface area (Å²) >= 11 is 0. The number of ether oxygens (including phenoxy) is 1. The van der Waals surface area contributed by atoms with Gasteiger partial charge >= 0.3 is 0 Å². The van der Waals surface area contributed by atoms with Crippen LogP contribution in [0.2, 0.25) is 0 Å². The van der Waals surface area contributed by atoms with E-state index in [-0.39, 0.29) is 10.8 Å². The fourth-order valence-electron chi connectivity index (χ4n) is 4.47. The van der Waals surface area contributed by atoms with Crippen LogP contribution >= 0.6 is 0 Å². The van der Waals surface area contributed by atoms with E-state index in [0.29, 0.717) is 37.3 Å². The molecule has 7 nitrogen and oxygen atoms in total. The normalized spacial score (nSPS) is 17.0. The number of carbonyl (C=O) groups is 1. The molecule has 0 spiro atoms. The molecule has 0 aromatic heterocycles. The van der Waals surface area contributed by atoms with E-state index in [9.17, 15) is 13.2 Å². The largest absolute Gasteiger partial charge is 0.496 e. The summed E-state index contributed by atoms with van der Waals surface area (Å²) in [4.78, 5) is 15.2. The highest BCUT2D eigenvalue weighted by Crippen LogP contribution is 2.32. The third kappa shape index (κ3) is 4.76. The van der Waals surface area contributed by atoms with Crippen LogP contribution in [0.1, 0.15) is 41.6 Å². The maximum Gasteiger partial charge on any atom is 0.251 e. The molecule has 32 heavy (non-hydrogen) atoms. The maximum absolute atomic E-state index is 13.4. The zero-order chi connectivity index (χ0) is 22.6. The third-order valence-electron chi connectivity index (χ3n) is 6.22. The molecule has 2 heterocycles. The van der Waals surface area contributed by atoms with Crippen molar-refractivity contribution in [2.45, 2.75) is 37.0 Å². The molecule has 8 heteroatoms. The van der Waals surface area contributed by atoms with Gasteiger partial charge in [-0.25, -0.2) is 8.42 Å². The van der Waals surface area contributed by atoms with Gasteiger partial charge in [-0.05, 0) is 61.9 Å². The molecule has 2 fully saturated rings. The Hall–Kier alpha value is -2.58. The number of rotatable bonds is 8. The fourth-order valence-corrected chi connectivity index (χ4v) is 6.23. The summed E-state index contributed by atoms with van der Waals surface area (Å²) in [5.41, 5.74) is 2.09. The molecular weight excluding hydrogens is 426 g/mol. The minimum absolute atomic E-state index is 0.249. The number of nitrogens with zero attached hydrogens (tertiary/aromatic N) is 2. The molecule has 2 aromatic carbocycles. The first kappa shape index (κ1) is 22.6. The lowest BCUT2D eigenvalue weighted by Gasteiger charge is -2.24. The smallest absolute Gasteiger partial charge is 0.251 e. The maximum atomic E-state index is 13.4. The topological polar surface area (TPSA) is 79.0 Å². The van der Waals surface area contributed by atoms with Crippen molar-refractivity contribution in [1.29, 1.82) is 0 Å². The molecular formula is C24H31N3O4S. The highest BCUT2D eigenvalue weighted by molar-refractivity contribution is 7.89. The lowest BCUT2D eigenvalue weighted by molar-refractivity contribution is 0.0954. The molecule has 4 rings (SSSR count). The Kier molecular flexibility index (Phi) is 7.01. The molecule has 172 valence electrons. The number of carbonyl (C=O) groups excluding carboxylic acids is 1. The number of sulfonamides is 1. The van der Waals surface area contributed by atoms with Crippen LogP contribution in [-0.4, -0.2) is 58.5 Å². The minimum Gasteiger partial charge on any atom is -0.496 e. The Bertz CT molecular complexity index is 1060. The van der Waals surface area contributed by atoms with Crippen LogP contribution in [0.5, 0.6) is 5.75 Å². The lowest BCUT2D eigenvalue weighted by Crippen LogP contribution is -2.31. The van der Waals surface area contributed by atoms with Crippen LogP contribution in [0.3, 0.4) is 0 Å². The van der Waals surface area contributed by atoms with Crippen LogP contribution in [0.15, 0.2) is 47.4 Å². The Balaban J connectivity index is 1.54. The highest BCUT2D eigenvalue weighted by atomic mass is 32.2. The summed E-state index contributed by atoms with van der Waals surface area (Å²) in [5, 5.41) is 2.92. The molecule has 0 saturated carbocycles. The van der Waals surface area contributed by atoms with Crippen LogP contribution in [0, 0.1) is 0 Å². The van der Waals surface area contributed by atoms with Gasteiger partial charge in [0.1, 0.15) is 10.6 Å². The zero-order valence-corrected chi connectivity index (χ0v) is 19.4. The van der Waals surface area contributed by atoms with Crippen molar-refractivity contribution in [3.05, 3.63) is 53.6 Å². The molecule has 2 saturated heterocycles. The quantitative estimate of drug-likeness (QED) is 0.659.